The van der Waals surface area contributed by atoms with Crippen LogP contribution in [-0.4, -0.2) is 62.2 Å². The molecule has 3 heterocycles. The smallest absolute Gasteiger partial charge is 0.263 e. The number of halogens is 3. The maximum Gasteiger partial charge on any atom is 0.263 e. The second-order valence-electron chi connectivity index (χ2n) is 7.91. The van der Waals surface area contributed by atoms with Gasteiger partial charge in [0, 0.05) is 63.0 Å². The number of aliphatic hydroxyl groups excluding tert-OH is 1. The fourth-order valence-electron chi connectivity index (χ4n) is 4.43. The summed E-state index contributed by atoms with van der Waals surface area (Å²) in [5.74, 6) is -2.08. The highest BCUT2D eigenvalue weighted by molar-refractivity contribution is 7.94. The minimum atomic E-state index is -2.94. The Morgan fingerprint density at radius 3 is 2.79 bits per heavy atom. The Balaban J connectivity index is 1.39. The fraction of sp³-hybridized carbons (Fsp3) is 0.647. The van der Waals surface area contributed by atoms with E-state index in [1.165, 1.54) is 6.33 Å². The van der Waals surface area contributed by atoms with Crippen LogP contribution in [0.5, 0.6) is 0 Å². The van der Waals surface area contributed by atoms with Crippen LogP contribution in [0.15, 0.2) is 12.5 Å². The summed E-state index contributed by atoms with van der Waals surface area (Å²) in [7, 11) is 1.92. The second-order valence-corrected chi connectivity index (χ2v) is 9.00. The molecule has 2 aliphatic rings. The Labute approximate surface area is 171 Å². The summed E-state index contributed by atoms with van der Waals surface area (Å²) in [6, 6.07) is 0.0246. The quantitative estimate of drug-likeness (QED) is 0.650. The number of aliphatic hydroxyl groups is 1. The van der Waals surface area contributed by atoms with Crippen LogP contribution in [0.2, 0.25) is 5.02 Å². The molecule has 11 heteroatoms. The maximum absolute atomic E-state index is 13.8. The van der Waals surface area contributed by atoms with Gasteiger partial charge in [-0.05, 0) is 12.8 Å². The Morgan fingerprint density at radius 2 is 2.14 bits per heavy atom. The highest BCUT2D eigenvalue weighted by atomic mass is 35.5. The lowest BCUT2D eigenvalue weighted by Crippen LogP contribution is -2.66. The Morgan fingerprint density at radius 1 is 1.43 bits per heavy atom. The molecule has 2 aromatic heterocycles. The zero-order valence-electron chi connectivity index (χ0n) is 15.5. The number of aryl methyl sites for hydroxylation is 1. The summed E-state index contributed by atoms with van der Waals surface area (Å²) in [6.07, 6.45) is 4.45. The first-order valence-corrected chi connectivity index (χ1v) is 10.3. The molecule has 0 radical (unpaired) electrons. The average molecular weight is 433 g/mol. The second kappa shape index (κ2) is 7.24. The lowest BCUT2D eigenvalue weighted by Gasteiger charge is -2.61. The van der Waals surface area contributed by atoms with E-state index in [-0.39, 0.29) is 11.5 Å². The molecule has 0 bridgehead atoms. The summed E-state index contributed by atoms with van der Waals surface area (Å²) in [5, 5.41) is 15.0. The van der Waals surface area contributed by atoms with E-state index in [1.807, 2.05) is 17.8 Å². The zero-order chi connectivity index (χ0) is 20.1. The number of fused-ring (bicyclic) bond motifs is 1. The van der Waals surface area contributed by atoms with E-state index in [1.54, 1.807) is 4.31 Å². The van der Waals surface area contributed by atoms with Gasteiger partial charge < -0.3 is 14.6 Å². The van der Waals surface area contributed by atoms with E-state index in [0.29, 0.717) is 5.02 Å². The summed E-state index contributed by atoms with van der Waals surface area (Å²) < 4.78 is 31.2. The van der Waals surface area contributed by atoms with Gasteiger partial charge in [-0.2, -0.15) is 0 Å². The van der Waals surface area contributed by atoms with Crippen molar-refractivity contribution in [1.29, 1.82) is 0 Å². The largest absolute Gasteiger partial charge is 0.396 e. The summed E-state index contributed by atoms with van der Waals surface area (Å²) in [5.41, 5.74) is 1.76. The standard InChI is InChI=1S/C17H23ClF2N6OS/c1-24-6-12(18)13-14(24)15(23-10-22-13)25-7-16(8-25)4-11(5-16)26(28-21)9-17(19,20)2-3-27/h6,10-11,27H,2-5,7-9,21H2,1H3. The molecule has 1 saturated carbocycles. The van der Waals surface area contributed by atoms with Crippen LogP contribution in [0.25, 0.3) is 11.0 Å². The first-order valence-electron chi connectivity index (χ1n) is 9.10. The average Bonchev–Trinajstić information content (AvgIpc) is 2.86. The molecule has 3 N–H and O–H groups in total. The van der Waals surface area contributed by atoms with E-state index < -0.39 is 25.5 Å². The molecule has 0 unspecified atom stereocenters. The number of hydrogen-bond acceptors (Lipinski definition) is 7. The highest BCUT2D eigenvalue weighted by Gasteiger charge is 2.55. The van der Waals surface area contributed by atoms with E-state index in [2.05, 4.69) is 14.9 Å². The van der Waals surface area contributed by atoms with Crippen LogP contribution in [0, 0.1) is 5.41 Å². The van der Waals surface area contributed by atoms with E-state index in [9.17, 15) is 8.78 Å². The van der Waals surface area contributed by atoms with Gasteiger partial charge in [0.2, 0.25) is 0 Å². The van der Waals surface area contributed by atoms with Crippen molar-refractivity contribution in [3.05, 3.63) is 17.5 Å². The van der Waals surface area contributed by atoms with Gasteiger partial charge >= 0.3 is 0 Å². The van der Waals surface area contributed by atoms with Crippen LogP contribution in [0.4, 0.5) is 14.6 Å². The molecule has 154 valence electrons. The van der Waals surface area contributed by atoms with Crippen molar-refractivity contribution in [3.8, 4) is 0 Å². The monoisotopic (exact) mass is 432 g/mol. The van der Waals surface area contributed by atoms with Gasteiger partial charge in [-0.3, -0.25) is 5.14 Å². The van der Waals surface area contributed by atoms with E-state index in [0.717, 1.165) is 54.9 Å². The Hall–Kier alpha value is -1.20. The number of nitrogens with two attached hydrogens (primary N) is 1. The molecule has 7 nitrogen and oxygen atoms in total. The van der Waals surface area contributed by atoms with Gasteiger partial charge in [-0.1, -0.05) is 11.6 Å². The highest BCUT2D eigenvalue weighted by Crippen LogP contribution is 2.52. The van der Waals surface area contributed by atoms with Gasteiger partial charge in [0.05, 0.1) is 11.6 Å². The van der Waals surface area contributed by atoms with Gasteiger partial charge in [0.1, 0.15) is 17.4 Å². The molecular formula is C17H23ClF2N6OS. The van der Waals surface area contributed by atoms with Crippen molar-refractivity contribution >= 4 is 40.6 Å². The molecule has 0 amide bonds. The number of nitrogens with zero attached hydrogens (tertiary/aromatic N) is 5. The van der Waals surface area contributed by atoms with Crippen molar-refractivity contribution in [3.63, 3.8) is 0 Å². The van der Waals surface area contributed by atoms with Gasteiger partial charge in [0.15, 0.2) is 5.82 Å². The first-order chi connectivity index (χ1) is 13.3. The van der Waals surface area contributed by atoms with Crippen LogP contribution in [0.3, 0.4) is 0 Å². The molecule has 0 aromatic carbocycles. The van der Waals surface area contributed by atoms with E-state index in [4.69, 9.17) is 21.8 Å². The number of rotatable bonds is 7. The molecule has 0 atom stereocenters. The minimum absolute atomic E-state index is 0.0246. The summed E-state index contributed by atoms with van der Waals surface area (Å²) >= 11 is 7.09. The van der Waals surface area contributed by atoms with Crippen LogP contribution in [-0.2, 0) is 7.05 Å². The number of aromatic nitrogens is 3. The molecule has 2 aromatic rings. The zero-order valence-corrected chi connectivity index (χ0v) is 17.1. The molecular weight excluding hydrogens is 410 g/mol. The van der Waals surface area contributed by atoms with E-state index >= 15 is 0 Å². The first kappa shape index (κ1) is 20.1. The van der Waals surface area contributed by atoms with Crippen LogP contribution < -0.4 is 10.0 Å². The van der Waals surface area contributed by atoms with Crippen molar-refractivity contribution in [2.75, 3.05) is 31.1 Å². The molecule has 2 fully saturated rings. The summed E-state index contributed by atoms with van der Waals surface area (Å²) in [4.78, 5) is 10.9. The van der Waals surface area contributed by atoms with Gasteiger partial charge in [0.25, 0.3) is 5.92 Å². The normalized spacial score (nSPS) is 19.5. The number of alkyl halides is 2. The topological polar surface area (TPSA) is 83.4 Å². The van der Waals surface area contributed by atoms with Crippen LogP contribution in [0.1, 0.15) is 19.3 Å². The van der Waals surface area contributed by atoms with Gasteiger partial charge in [-0.25, -0.2) is 23.1 Å². The molecule has 28 heavy (non-hydrogen) atoms. The maximum atomic E-state index is 13.8. The molecule has 1 aliphatic carbocycles. The van der Waals surface area contributed by atoms with Crippen molar-refractivity contribution < 1.29 is 13.9 Å². The minimum Gasteiger partial charge on any atom is -0.396 e. The molecule has 1 aliphatic heterocycles. The SMILES string of the molecule is Cn1cc(Cl)c2ncnc(N3CC4(CC(N(CC(F)(F)CCO)SN)C4)C3)c21. The summed E-state index contributed by atoms with van der Waals surface area (Å²) in [6.45, 7) is 0.687. The molecule has 1 spiro atoms. The third-order valence-corrected chi connectivity index (χ3v) is 6.76. The third kappa shape index (κ3) is 3.45. The number of hydrogen-bond donors (Lipinski definition) is 2. The van der Waals surface area contributed by atoms with Crippen molar-refractivity contribution in [1.82, 2.24) is 18.8 Å². The number of anilines is 1. The molecule has 4 rings (SSSR count). The Kier molecular flexibility index (Phi) is 5.20. The third-order valence-electron chi connectivity index (χ3n) is 5.79. The van der Waals surface area contributed by atoms with Gasteiger partial charge in [-0.15, -0.1) is 0 Å². The van der Waals surface area contributed by atoms with Crippen molar-refractivity contribution in [2.24, 2.45) is 17.6 Å². The predicted octanol–water partition coefficient (Wildman–Crippen LogP) is 2.43. The lowest BCUT2D eigenvalue weighted by atomic mass is 9.60. The molecule has 1 saturated heterocycles. The predicted molar refractivity (Wildman–Crippen MR) is 106 cm³/mol. The lowest BCUT2D eigenvalue weighted by molar-refractivity contribution is -0.0609. The fourth-order valence-corrected chi connectivity index (χ4v) is 5.30. The van der Waals surface area contributed by atoms with Crippen molar-refractivity contribution in [2.45, 2.75) is 31.2 Å². The Bertz CT molecular complexity index is 867. The van der Waals surface area contributed by atoms with Crippen LogP contribution >= 0.6 is 23.7 Å².